The Hall–Kier alpha value is -9.80. The van der Waals surface area contributed by atoms with Crippen molar-refractivity contribution in [2.24, 2.45) is 0 Å². The first-order valence-electron chi connectivity index (χ1n) is 34.4. The second kappa shape index (κ2) is 29.3. The van der Waals surface area contributed by atoms with E-state index in [4.69, 9.17) is 52.1 Å². The van der Waals surface area contributed by atoms with Crippen LogP contribution in [0.4, 0.5) is 26.3 Å². The lowest BCUT2D eigenvalue weighted by molar-refractivity contribution is -0.144. The van der Waals surface area contributed by atoms with Crippen LogP contribution in [0.5, 0.6) is 46.0 Å². The maximum Gasteiger partial charge on any atom is 0.416 e. The number of phenolic OH excluding ortho intramolecular Hbond substituents is 1. The van der Waals surface area contributed by atoms with E-state index in [1.54, 1.807) is 27.2 Å². The Morgan fingerprint density at radius 1 is 0.571 bits per heavy atom. The van der Waals surface area contributed by atoms with E-state index in [9.17, 15) is 51.6 Å². The van der Waals surface area contributed by atoms with E-state index < -0.39 is 59.6 Å². The fourth-order valence-electron chi connectivity index (χ4n) is 17.0. The molecule has 8 aliphatic heterocycles. The highest BCUT2D eigenvalue weighted by molar-refractivity contribution is 5.88. The molecule has 6 aromatic rings. The van der Waals surface area contributed by atoms with Crippen molar-refractivity contribution in [3.8, 4) is 58.1 Å². The van der Waals surface area contributed by atoms with E-state index in [-0.39, 0.29) is 100 Å². The quantitative estimate of drug-likeness (QED) is 0.0295. The lowest BCUT2D eigenvalue weighted by atomic mass is 9.71. The highest BCUT2D eigenvalue weighted by atomic mass is 19.4. The van der Waals surface area contributed by atoms with Crippen molar-refractivity contribution in [1.82, 2.24) is 19.6 Å². The molecule has 26 heteroatoms. The number of carbonyl (C=O) groups excluding carboxylic acids is 2. The van der Waals surface area contributed by atoms with Gasteiger partial charge in [-0.2, -0.15) is 36.9 Å². The third-order valence-corrected chi connectivity index (χ3v) is 21.9. The summed E-state index contributed by atoms with van der Waals surface area (Å²) in [6.07, 6.45) is -0.729. The molecular formula is C79H80F6N6O14. The summed E-state index contributed by atoms with van der Waals surface area (Å²) < 4.78 is 145. The second-order valence-electron chi connectivity index (χ2n) is 27.5. The maximum absolute atomic E-state index is 13.3. The van der Waals surface area contributed by atoms with Gasteiger partial charge < -0.3 is 57.2 Å². The number of likely N-dealkylation sites (N-methyl/N-ethyl adjacent to an activating group) is 2. The Bertz CT molecular complexity index is 4600. The van der Waals surface area contributed by atoms with Gasteiger partial charge in [0.15, 0.2) is 36.6 Å². The van der Waals surface area contributed by atoms with Gasteiger partial charge in [0, 0.05) is 95.0 Å². The molecule has 6 aromatic carbocycles. The van der Waals surface area contributed by atoms with Crippen molar-refractivity contribution in [1.29, 1.82) is 10.5 Å². The summed E-state index contributed by atoms with van der Waals surface area (Å²) >= 11 is 0. The van der Waals surface area contributed by atoms with Crippen LogP contribution in [0, 0.1) is 64.2 Å². The van der Waals surface area contributed by atoms with Crippen LogP contribution in [0.25, 0.3) is 12.2 Å². The van der Waals surface area contributed by atoms with Crippen LogP contribution in [-0.2, 0) is 66.6 Å². The normalized spacial score (nSPS) is 23.3. The number of rotatable bonds is 17. The number of benzene rings is 6. The largest absolute Gasteiger partial charge is 0.507 e. The Labute approximate surface area is 603 Å². The van der Waals surface area contributed by atoms with Crippen LogP contribution in [0.1, 0.15) is 124 Å². The molecule has 0 radical (unpaired) electrons. The van der Waals surface area contributed by atoms with Gasteiger partial charge >= 0.3 is 24.3 Å². The molecule has 0 aromatic heterocycles. The zero-order valence-electron chi connectivity index (χ0n) is 59.6. The monoisotopic (exact) mass is 1450 g/mol. The summed E-state index contributed by atoms with van der Waals surface area (Å²) in [4.78, 5) is 35.2. The molecule has 105 heavy (non-hydrogen) atoms. The molecule has 2 fully saturated rings. The predicted octanol–water partition coefficient (Wildman–Crippen LogP) is 13.0. The number of nitrogens with zero attached hydrogens (tertiary/aromatic N) is 6. The minimum Gasteiger partial charge on any atom is -0.507 e. The Morgan fingerprint density at radius 3 is 1.43 bits per heavy atom. The van der Waals surface area contributed by atoms with E-state index in [0.29, 0.717) is 76.7 Å². The first-order chi connectivity index (χ1) is 50.2. The number of phenols is 1. The summed E-state index contributed by atoms with van der Waals surface area (Å²) in [5.41, 5.74) is 11.0. The van der Waals surface area contributed by atoms with E-state index in [0.717, 1.165) is 104 Å². The summed E-state index contributed by atoms with van der Waals surface area (Å²) in [5.74, 6) is 2.42. The number of ether oxygens (including phenoxy) is 11. The summed E-state index contributed by atoms with van der Waals surface area (Å²) in [6, 6.07) is 14.4. The van der Waals surface area contributed by atoms with Crippen LogP contribution in [0.15, 0.2) is 85.5 Å². The lowest BCUT2D eigenvalue weighted by Crippen LogP contribution is -2.68. The number of alkyl halides is 6. The SMILES string of the molecule is C=CCOc1c(C)c2c(c3c1CC1[C@H]4c5c(cc(C)c(C)c5OCOC)C[C@@H]([C@H](C#N)N1[C@H]3COC(=O)/C=C/c1cccc(C(F)(F)F)c1)N4C)OCO2.COCOc1c(C)c(C)cc2c1[C@@H]1C3Cc4c(O)c(C)c5c(c4[C@H](COC(=O)/C=C/c4cccc(C(F)(F)F)c4)N3[C@@H](C#N)[C@H](C2)N1C)OCO5. The van der Waals surface area contributed by atoms with Gasteiger partial charge in [-0.3, -0.25) is 19.6 Å². The van der Waals surface area contributed by atoms with Gasteiger partial charge in [-0.15, -0.1) is 0 Å². The van der Waals surface area contributed by atoms with Gasteiger partial charge in [-0.05, 0) is 162 Å². The molecule has 0 aliphatic carbocycles. The summed E-state index contributed by atoms with van der Waals surface area (Å²) in [5, 5.41) is 33.5. The highest BCUT2D eigenvalue weighted by Crippen LogP contribution is 2.61. The van der Waals surface area contributed by atoms with Gasteiger partial charge in [0.25, 0.3) is 0 Å². The van der Waals surface area contributed by atoms with Crippen LogP contribution in [-0.4, -0.2) is 148 Å². The average molecular weight is 1450 g/mol. The molecule has 10 atom stereocenters. The topological polar surface area (TPSA) is 216 Å². The number of esters is 2. The zero-order valence-corrected chi connectivity index (χ0v) is 59.6. The summed E-state index contributed by atoms with van der Waals surface area (Å²) in [7, 11) is 7.19. The van der Waals surface area contributed by atoms with Crippen molar-refractivity contribution < 1.29 is 93.1 Å². The van der Waals surface area contributed by atoms with Gasteiger partial charge in [0.2, 0.25) is 13.6 Å². The maximum atomic E-state index is 13.3. The number of nitriles is 2. The van der Waals surface area contributed by atoms with Gasteiger partial charge in [-0.1, -0.05) is 49.1 Å². The third-order valence-electron chi connectivity index (χ3n) is 21.9. The molecule has 4 bridgehead atoms. The number of piperazine rings is 2. The van der Waals surface area contributed by atoms with Gasteiger partial charge in [0.1, 0.15) is 54.9 Å². The number of hydrogen-bond acceptors (Lipinski definition) is 20. The molecule has 0 amide bonds. The van der Waals surface area contributed by atoms with Crippen LogP contribution < -0.4 is 33.2 Å². The van der Waals surface area contributed by atoms with Crippen LogP contribution in [0.3, 0.4) is 0 Å². The predicted molar refractivity (Wildman–Crippen MR) is 371 cm³/mol. The van der Waals surface area contributed by atoms with Crippen molar-refractivity contribution in [3.05, 3.63) is 186 Å². The zero-order chi connectivity index (χ0) is 74.8. The molecule has 0 spiro atoms. The first kappa shape index (κ1) is 73.5. The number of carbonyl (C=O) groups is 2. The second-order valence-corrected chi connectivity index (χ2v) is 27.5. The number of halogens is 6. The Kier molecular flexibility index (Phi) is 20.5. The molecule has 8 aliphatic rings. The highest BCUT2D eigenvalue weighted by Gasteiger charge is 2.59. The number of methoxy groups -OCH3 is 2. The number of aromatic hydroxyl groups is 1. The smallest absolute Gasteiger partial charge is 0.416 e. The Morgan fingerprint density at radius 2 is 1.00 bits per heavy atom. The van der Waals surface area contributed by atoms with Gasteiger partial charge in [-0.25, -0.2) is 9.59 Å². The van der Waals surface area contributed by atoms with E-state index in [2.05, 4.69) is 57.4 Å². The van der Waals surface area contributed by atoms with Crippen LogP contribution >= 0.6 is 0 Å². The van der Waals surface area contributed by atoms with E-state index in [1.165, 1.54) is 36.4 Å². The molecule has 2 saturated heterocycles. The lowest BCUT2D eigenvalue weighted by Gasteiger charge is -2.60. The van der Waals surface area contributed by atoms with Crippen molar-refractivity contribution in [2.45, 2.75) is 140 Å². The standard InChI is InChI=1S/C41H42F3N3O7.C38H38F3N3O7/c1-7-13-50-37-24(4)39-40(54-21-53-39)35-28(37)17-30-36-34-26(14-22(2)23(3)38(34)52-20-49-6)16-29(46(36)5)31(18-45)47(30)32(35)19-51-33(48)12-11-25-9-8-10-27(15-25)41(42,43)44;1-19-11-23-13-26-28(15-42)44-27(33(43(26)4)31(23)35(20(19)2)49-17-47-5)14-25-32(37-36(50-18-51-37)21(3)34(25)46)29(44)16-48-30(45)10-9-22-7-6-8-24(12-22)38(39,40)41/h7-12,14-15,29-32,36H,1,13,16-17,19-21H2,2-6H3;6-12,26-29,33,46H,13-14,16-18H2,1-5H3/b12-11+;10-9+/t29-,30?,31-,32-,36-;26-,27?,28-,29-,33-/m00/s1. The molecule has 8 heterocycles. The summed E-state index contributed by atoms with van der Waals surface area (Å²) in [6.45, 7) is 15.4. The number of hydrogen-bond donors (Lipinski definition) is 1. The van der Waals surface area contributed by atoms with Gasteiger partial charge in [0.05, 0.1) is 47.4 Å². The molecule has 552 valence electrons. The average Bonchev–Trinajstić information content (AvgIpc) is 1.35. The molecule has 20 nitrogen and oxygen atoms in total. The fourth-order valence-corrected chi connectivity index (χ4v) is 17.0. The fraction of sp³-hybridized carbons (Fsp3) is 0.418. The number of aryl methyl sites for hydroxylation is 2. The third kappa shape index (κ3) is 13.2. The minimum atomic E-state index is -4.53. The molecule has 0 saturated carbocycles. The van der Waals surface area contributed by atoms with Crippen molar-refractivity contribution in [3.63, 3.8) is 0 Å². The minimum absolute atomic E-state index is 0.0228. The van der Waals surface area contributed by atoms with Crippen molar-refractivity contribution >= 4 is 24.1 Å². The van der Waals surface area contributed by atoms with E-state index >= 15 is 0 Å². The number of fused-ring (bicyclic) bond motifs is 18. The van der Waals surface area contributed by atoms with Crippen molar-refractivity contribution in [2.75, 3.05) is 75.3 Å². The first-order valence-corrected chi connectivity index (χ1v) is 34.4. The van der Waals surface area contributed by atoms with E-state index in [1.807, 2.05) is 41.8 Å². The Balaban J connectivity index is 0.000000187. The van der Waals surface area contributed by atoms with Crippen LogP contribution in [0.2, 0.25) is 0 Å². The molecular weight excluding hydrogens is 1370 g/mol. The molecule has 1 N–H and O–H groups in total. The molecule has 14 rings (SSSR count). The molecule has 2 unspecified atom stereocenters.